The molecular formula is C17H24F3NO2S. The van der Waals surface area contributed by atoms with E-state index in [9.17, 15) is 18.0 Å². The van der Waals surface area contributed by atoms with Crippen molar-refractivity contribution in [3.8, 4) is 0 Å². The lowest BCUT2D eigenvalue weighted by Gasteiger charge is -2.14. The Labute approximate surface area is 145 Å². The van der Waals surface area contributed by atoms with Gasteiger partial charge >= 0.3 is 12.1 Å². The van der Waals surface area contributed by atoms with Crippen molar-refractivity contribution in [2.24, 2.45) is 5.92 Å². The summed E-state index contributed by atoms with van der Waals surface area (Å²) in [5.41, 5.74) is -0.908. The highest BCUT2D eigenvalue weighted by molar-refractivity contribution is 7.99. The zero-order valence-corrected chi connectivity index (χ0v) is 14.9. The summed E-state index contributed by atoms with van der Waals surface area (Å²) >= 11 is 0.973. The molecule has 24 heavy (non-hydrogen) atoms. The summed E-state index contributed by atoms with van der Waals surface area (Å²) in [7, 11) is 0. The Balaban J connectivity index is 2.39. The van der Waals surface area contributed by atoms with Crippen molar-refractivity contribution in [1.29, 1.82) is 0 Å². The number of ether oxygens (including phenoxy) is 1. The van der Waals surface area contributed by atoms with Crippen LogP contribution in [0.2, 0.25) is 0 Å². The van der Waals surface area contributed by atoms with Crippen LogP contribution in [-0.2, 0) is 15.7 Å². The molecule has 7 heteroatoms. The van der Waals surface area contributed by atoms with E-state index in [2.05, 4.69) is 18.8 Å². The van der Waals surface area contributed by atoms with E-state index in [4.69, 9.17) is 4.74 Å². The lowest BCUT2D eigenvalue weighted by Crippen LogP contribution is -2.14. The summed E-state index contributed by atoms with van der Waals surface area (Å²) in [6.45, 7) is 4.56. The van der Waals surface area contributed by atoms with Crippen LogP contribution < -0.4 is 0 Å². The Hall–Kier alpha value is -1.24. The molecule has 136 valence electrons. The molecular weight excluding hydrogens is 339 g/mol. The van der Waals surface area contributed by atoms with Crippen molar-refractivity contribution in [2.75, 3.05) is 12.4 Å². The lowest BCUT2D eigenvalue weighted by atomic mass is 10.0. The maximum absolute atomic E-state index is 12.8. The third kappa shape index (κ3) is 7.55. The molecule has 1 aromatic heterocycles. The molecule has 0 bridgehead atoms. The van der Waals surface area contributed by atoms with Crippen LogP contribution >= 0.6 is 11.8 Å². The first-order chi connectivity index (χ1) is 11.4. The standard InChI is InChI=1S/C17H24F3NO2S/c1-3-5-7-13(4-2)12-23-15(22)9-11-24-14-8-6-10-21-16(14)17(18,19)20/h6,8,10,13H,3-5,7,9,11-12H2,1-2H3/t13-/m1/s1. The number of carbonyl (C=O) groups excluding carboxylic acids is 1. The van der Waals surface area contributed by atoms with Gasteiger partial charge in [-0.2, -0.15) is 13.2 Å². The number of esters is 1. The average Bonchev–Trinajstić information content (AvgIpc) is 2.54. The Bertz CT molecular complexity index is 509. The largest absolute Gasteiger partial charge is 0.465 e. The van der Waals surface area contributed by atoms with Crippen LogP contribution in [0.15, 0.2) is 23.2 Å². The molecule has 0 unspecified atom stereocenters. The molecule has 1 rings (SSSR count). The van der Waals surface area contributed by atoms with E-state index < -0.39 is 11.9 Å². The number of alkyl halides is 3. The Kier molecular flexibility index (Phi) is 9.18. The van der Waals surface area contributed by atoms with Gasteiger partial charge in [-0.15, -0.1) is 11.8 Å². The minimum atomic E-state index is -4.49. The van der Waals surface area contributed by atoms with Gasteiger partial charge in [0.05, 0.1) is 13.0 Å². The topological polar surface area (TPSA) is 39.2 Å². The quantitative estimate of drug-likeness (QED) is 0.415. The van der Waals surface area contributed by atoms with E-state index in [1.165, 1.54) is 12.1 Å². The minimum absolute atomic E-state index is 0.0344. The summed E-state index contributed by atoms with van der Waals surface area (Å²) in [5.74, 6) is 0.228. The molecule has 0 fully saturated rings. The first kappa shape index (κ1) is 20.8. The first-order valence-corrected chi connectivity index (χ1v) is 9.17. The predicted molar refractivity (Wildman–Crippen MR) is 88.8 cm³/mol. The Morgan fingerprint density at radius 3 is 2.75 bits per heavy atom. The third-order valence-corrected chi connectivity index (χ3v) is 4.67. The van der Waals surface area contributed by atoms with Crippen molar-refractivity contribution >= 4 is 17.7 Å². The van der Waals surface area contributed by atoms with E-state index >= 15 is 0 Å². The van der Waals surface area contributed by atoms with Gasteiger partial charge in [-0.05, 0) is 24.5 Å². The van der Waals surface area contributed by atoms with E-state index in [0.717, 1.165) is 43.6 Å². The monoisotopic (exact) mass is 363 g/mol. The molecule has 1 atom stereocenters. The summed E-state index contributed by atoms with van der Waals surface area (Å²) in [4.78, 5) is 15.2. The highest BCUT2D eigenvalue weighted by Gasteiger charge is 2.35. The number of carbonyl (C=O) groups is 1. The highest BCUT2D eigenvalue weighted by atomic mass is 32.2. The number of hydrogen-bond donors (Lipinski definition) is 0. The van der Waals surface area contributed by atoms with Gasteiger partial charge in [-0.25, -0.2) is 0 Å². The predicted octanol–water partition coefficient (Wildman–Crippen LogP) is 5.34. The van der Waals surface area contributed by atoms with Crippen LogP contribution in [0.25, 0.3) is 0 Å². The number of aromatic nitrogens is 1. The van der Waals surface area contributed by atoms with E-state index in [-0.39, 0.29) is 23.0 Å². The lowest BCUT2D eigenvalue weighted by molar-refractivity contribution is -0.144. The summed E-state index contributed by atoms with van der Waals surface area (Å²) < 4.78 is 43.7. The van der Waals surface area contributed by atoms with Gasteiger partial charge in [0.15, 0.2) is 5.69 Å². The fourth-order valence-corrected chi connectivity index (χ4v) is 3.11. The molecule has 0 radical (unpaired) electrons. The molecule has 3 nitrogen and oxygen atoms in total. The molecule has 0 N–H and O–H groups in total. The van der Waals surface area contributed by atoms with Crippen LogP contribution in [-0.4, -0.2) is 23.3 Å². The van der Waals surface area contributed by atoms with Gasteiger partial charge in [0.1, 0.15) is 0 Å². The van der Waals surface area contributed by atoms with Gasteiger partial charge in [-0.1, -0.05) is 33.1 Å². The van der Waals surface area contributed by atoms with Crippen LogP contribution in [0, 0.1) is 5.92 Å². The average molecular weight is 363 g/mol. The fraction of sp³-hybridized carbons (Fsp3) is 0.647. The number of pyridine rings is 1. The second-order valence-electron chi connectivity index (χ2n) is 5.55. The maximum atomic E-state index is 12.8. The smallest absolute Gasteiger partial charge is 0.434 e. The maximum Gasteiger partial charge on any atom is 0.434 e. The SMILES string of the molecule is CCCC[C@@H](CC)COC(=O)CCSc1cccnc1C(F)(F)F. The zero-order valence-electron chi connectivity index (χ0n) is 14.1. The second kappa shape index (κ2) is 10.6. The summed E-state index contributed by atoms with van der Waals surface area (Å²) in [5, 5.41) is 0. The molecule has 0 aromatic carbocycles. The number of halogens is 3. The number of thioether (sulfide) groups is 1. The van der Waals surface area contributed by atoms with Crippen molar-refractivity contribution < 1.29 is 22.7 Å². The van der Waals surface area contributed by atoms with Gasteiger partial charge in [-0.3, -0.25) is 9.78 Å². The number of unbranched alkanes of at least 4 members (excludes halogenated alkanes) is 1. The Morgan fingerprint density at radius 1 is 1.38 bits per heavy atom. The van der Waals surface area contributed by atoms with Gasteiger partial charge in [0.2, 0.25) is 0 Å². The summed E-state index contributed by atoms with van der Waals surface area (Å²) in [6.07, 6.45) is 0.897. The van der Waals surface area contributed by atoms with Crippen LogP contribution in [0.5, 0.6) is 0 Å². The third-order valence-electron chi connectivity index (χ3n) is 3.63. The van der Waals surface area contributed by atoms with Crippen LogP contribution in [0.3, 0.4) is 0 Å². The summed E-state index contributed by atoms with van der Waals surface area (Å²) in [6, 6.07) is 2.82. The van der Waals surface area contributed by atoms with Gasteiger partial charge in [0, 0.05) is 16.8 Å². The molecule has 0 spiro atoms. The number of nitrogens with zero attached hydrogens (tertiary/aromatic N) is 1. The van der Waals surface area contributed by atoms with Gasteiger partial charge < -0.3 is 4.74 Å². The molecule has 0 aliphatic rings. The molecule has 1 aromatic rings. The normalized spacial score (nSPS) is 12.9. The van der Waals surface area contributed by atoms with Gasteiger partial charge in [0.25, 0.3) is 0 Å². The molecule has 0 amide bonds. The molecule has 0 aliphatic carbocycles. The Morgan fingerprint density at radius 2 is 2.12 bits per heavy atom. The van der Waals surface area contributed by atoms with E-state index in [0.29, 0.717) is 12.5 Å². The van der Waals surface area contributed by atoms with E-state index in [1.54, 1.807) is 0 Å². The van der Waals surface area contributed by atoms with Crippen molar-refractivity contribution in [2.45, 2.75) is 57.0 Å². The molecule has 1 heterocycles. The van der Waals surface area contributed by atoms with E-state index in [1.807, 2.05) is 0 Å². The van der Waals surface area contributed by atoms with Crippen molar-refractivity contribution in [3.05, 3.63) is 24.0 Å². The minimum Gasteiger partial charge on any atom is -0.465 e. The van der Waals surface area contributed by atoms with Crippen molar-refractivity contribution in [3.63, 3.8) is 0 Å². The molecule has 0 saturated heterocycles. The highest BCUT2D eigenvalue weighted by Crippen LogP contribution is 2.35. The second-order valence-corrected chi connectivity index (χ2v) is 6.68. The number of hydrogen-bond acceptors (Lipinski definition) is 4. The van der Waals surface area contributed by atoms with Crippen LogP contribution in [0.1, 0.15) is 51.6 Å². The first-order valence-electron chi connectivity index (χ1n) is 8.19. The molecule has 0 aliphatic heterocycles. The molecule has 0 saturated carbocycles. The number of rotatable bonds is 10. The van der Waals surface area contributed by atoms with Crippen molar-refractivity contribution in [1.82, 2.24) is 4.98 Å². The van der Waals surface area contributed by atoms with Crippen LogP contribution in [0.4, 0.5) is 13.2 Å². The zero-order chi connectivity index (χ0) is 18.0. The fourth-order valence-electron chi connectivity index (χ4n) is 2.15.